The maximum absolute atomic E-state index is 5.23. The fraction of sp³-hybridized carbons (Fsp3) is 0.182. The summed E-state index contributed by atoms with van der Waals surface area (Å²) in [6, 6.07) is 9.68. The minimum absolute atomic E-state index is 0.765. The van der Waals surface area contributed by atoms with Gasteiger partial charge in [0.2, 0.25) is 0 Å². The van der Waals surface area contributed by atoms with E-state index in [2.05, 4.69) is 5.10 Å². The van der Waals surface area contributed by atoms with Crippen molar-refractivity contribution in [2.45, 2.75) is 6.92 Å². The van der Waals surface area contributed by atoms with Crippen molar-refractivity contribution in [2.24, 2.45) is 0 Å². The van der Waals surface area contributed by atoms with Crippen LogP contribution in [0.5, 0.6) is 5.75 Å². The van der Waals surface area contributed by atoms with Crippen molar-refractivity contribution in [2.75, 3.05) is 7.11 Å². The minimum atomic E-state index is 0.765. The second-order valence-electron chi connectivity index (χ2n) is 3.31. The fourth-order valence-electron chi connectivity index (χ4n) is 1.45. The molecule has 0 saturated heterocycles. The molecule has 0 aliphatic rings. The number of rotatable bonds is 2. The van der Waals surface area contributed by atoms with E-state index in [0.717, 1.165) is 21.8 Å². The third kappa shape index (κ3) is 1.94. The summed E-state index contributed by atoms with van der Waals surface area (Å²) in [6.07, 6.45) is 0. The first kappa shape index (κ1) is 9.98. The van der Waals surface area contributed by atoms with Crippen molar-refractivity contribution in [3.63, 3.8) is 0 Å². The van der Waals surface area contributed by atoms with Gasteiger partial charge in [0.25, 0.3) is 0 Å². The van der Waals surface area contributed by atoms with Crippen molar-refractivity contribution in [3.8, 4) is 11.4 Å². The quantitative estimate of drug-likeness (QED) is 0.789. The van der Waals surface area contributed by atoms with Gasteiger partial charge in [0.15, 0.2) is 0 Å². The van der Waals surface area contributed by atoms with Gasteiger partial charge >= 0.3 is 0 Å². The minimum Gasteiger partial charge on any atom is -0.497 e. The van der Waals surface area contributed by atoms with Crippen molar-refractivity contribution < 1.29 is 4.74 Å². The Morgan fingerprint density at radius 3 is 2.73 bits per heavy atom. The van der Waals surface area contributed by atoms with E-state index in [1.165, 1.54) is 0 Å². The number of benzene rings is 1. The third-order valence-electron chi connectivity index (χ3n) is 2.16. The molecule has 0 bridgehead atoms. The fourth-order valence-corrected chi connectivity index (χ4v) is 1.78. The maximum atomic E-state index is 5.23. The van der Waals surface area contributed by atoms with Crippen molar-refractivity contribution >= 4 is 12.2 Å². The zero-order chi connectivity index (χ0) is 10.8. The van der Waals surface area contributed by atoms with E-state index in [1.54, 1.807) is 7.11 Å². The Morgan fingerprint density at radius 2 is 2.13 bits per heavy atom. The standard InChI is InChI=1S/C11H12N2OS/c1-8-6-11(15)13(12-8)9-4-3-5-10(7-9)14-2/h3-7,12H,1-2H3. The van der Waals surface area contributed by atoms with Crippen LogP contribution in [0.1, 0.15) is 5.69 Å². The van der Waals surface area contributed by atoms with E-state index in [0.29, 0.717) is 0 Å². The van der Waals surface area contributed by atoms with Gasteiger partial charge in [0.1, 0.15) is 10.4 Å². The maximum Gasteiger partial charge on any atom is 0.127 e. The molecule has 0 fully saturated rings. The normalized spacial score (nSPS) is 10.3. The highest BCUT2D eigenvalue weighted by molar-refractivity contribution is 7.71. The van der Waals surface area contributed by atoms with Gasteiger partial charge in [-0.1, -0.05) is 18.3 Å². The number of H-pyrrole nitrogens is 1. The molecule has 1 N–H and O–H groups in total. The molecule has 0 saturated carbocycles. The molecule has 1 aromatic heterocycles. The lowest BCUT2D eigenvalue weighted by molar-refractivity contribution is 0.414. The number of ether oxygens (including phenoxy) is 1. The summed E-state index contributed by atoms with van der Waals surface area (Å²) in [5, 5.41) is 3.17. The molecule has 2 aromatic rings. The second-order valence-corrected chi connectivity index (χ2v) is 3.73. The SMILES string of the molecule is COc1cccc(-n2[nH]c(C)cc2=S)c1. The number of nitrogens with one attached hydrogen (secondary N) is 1. The van der Waals surface area contributed by atoms with E-state index in [-0.39, 0.29) is 0 Å². The van der Waals surface area contributed by atoms with Crippen LogP contribution in [0.25, 0.3) is 5.69 Å². The molecule has 4 heteroatoms. The van der Waals surface area contributed by atoms with Crippen LogP contribution in [0.15, 0.2) is 30.3 Å². The molecule has 1 aromatic carbocycles. The number of nitrogens with zero attached hydrogens (tertiary/aromatic N) is 1. The van der Waals surface area contributed by atoms with Crippen LogP contribution in [-0.4, -0.2) is 16.9 Å². The van der Waals surface area contributed by atoms with Crippen LogP contribution in [0.3, 0.4) is 0 Å². The van der Waals surface area contributed by atoms with Crippen LogP contribution < -0.4 is 4.74 Å². The zero-order valence-corrected chi connectivity index (χ0v) is 9.47. The van der Waals surface area contributed by atoms with E-state index >= 15 is 0 Å². The number of aryl methyl sites for hydroxylation is 1. The summed E-state index contributed by atoms with van der Waals surface area (Å²) in [6.45, 7) is 1.98. The largest absolute Gasteiger partial charge is 0.497 e. The van der Waals surface area contributed by atoms with Gasteiger partial charge in [0.05, 0.1) is 12.8 Å². The third-order valence-corrected chi connectivity index (χ3v) is 2.46. The summed E-state index contributed by atoms with van der Waals surface area (Å²) < 4.78 is 7.78. The van der Waals surface area contributed by atoms with E-state index in [1.807, 2.05) is 41.9 Å². The highest BCUT2D eigenvalue weighted by atomic mass is 32.1. The molecule has 0 aliphatic carbocycles. The van der Waals surface area contributed by atoms with E-state index in [4.69, 9.17) is 17.0 Å². The lowest BCUT2D eigenvalue weighted by Crippen LogP contribution is -1.96. The summed E-state index contributed by atoms with van der Waals surface area (Å²) in [5.74, 6) is 0.821. The Labute approximate surface area is 93.3 Å². The predicted octanol–water partition coefficient (Wildman–Crippen LogP) is 2.85. The summed E-state index contributed by atoms with van der Waals surface area (Å²) in [5.41, 5.74) is 2.02. The van der Waals surface area contributed by atoms with Crippen LogP contribution >= 0.6 is 12.2 Å². The number of hydrogen-bond acceptors (Lipinski definition) is 2. The summed E-state index contributed by atoms with van der Waals surface area (Å²) in [4.78, 5) is 0. The number of aromatic amines is 1. The average Bonchev–Trinajstić information content (AvgIpc) is 2.58. The van der Waals surface area contributed by atoms with Gasteiger partial charge in [-0.2, -0.15) is 0 Å². The average molecular weight is 220 g/mol. The molecule has 0 atom stereocenters. The van der Waals surface area contributed by atoms with Crippen molar-refractivity contribution in [1.29, 1.82) is 0 Å². The van der Waals surface area contributed by atoms with Gasteiger partial charge in [0, 0.05) is 11.8 Å². The van der Waals surface area contributed by atoms with Crippen LogP contribution in [0.2, 0.25) is 0 Å². The molecule has 78 valence electrons. The molecule has 2 rings (SSSR count). The lowest BCUT2D eigenvalue weighted by atomic mass is 10.3. The Balaban J connectivity index is 2.53. The van der Waals surface area contributed by atoms with Crippen LogP contribution in [-0.2, 0) is 0 Å². The molecule has 15 heavy (non-hydrogen) atoms. The molecule has 0 unspecified atom stereocenters. The Hall–Kier alpha value is -1.55. The van der Waals surface area contributed by atoms with Gasteiger partial charge in [-0.3, -0.25) is 5.10 Å². The van der Waals surface area contributed by atoms with E-state index in [9.17, 15) is 0 Å². The Bertz CT molecular complexity index is 527. The molecule has 3 nitrogen and oxygen atoms in total. The molecule has 0 aliphatic heterocycles. The second kappa shape index (κ2) is 3.90. The molecule has 0 radical (unpaired) electrons. The summed E-state index contributed by atoms with van der Waals surface area (Å²) in [7, 11) is 1.65. The smallest absolute Gasteiger partial charge is 0.127 e. The topological polar surface area (TPSA) is 29.9 Å². The number of methoxy groups -OCH3 is 1. The molecule has 0 amide bonds. The molecular weight excluding hydrogens is 208 g/mol. The van der Waals surface area contributed by atoms with E-state index < -0.39 is 0 Å². The first-order valence-corrected chi connectivity index (χ1v) is 5.04. The van der Waals surface area contributed by atoms with Gasteiger partial charge in [-0.05, 0) is 25.1 Å². The first-order chi connectivity index (χ1) is 7.20. The number of hydrogen-bond donors (Lipinski definition) is 1. The highest BCUT2D eigenvalue weighted by Gasteiger charge is 2.00. The Kier molecular flexibility index (Phi) is 2.60. The Morgan fingerprint density at radius 1 is 1.33 bits per heavy atom. The molecule has 1 heterocycles. The first-order valence-electron chi connectivity index (χ1n) is 4.64. The summed E-state index contributed by atoms with van der Waals surface area (Å²) >= 11 is 5.23. The predicted molar refractivity (Wildman–Crippen MR) is 62.2 cm³/mol. The van der Waals surface area contributed by atoms with Gasteiger partial charge in [-0.15, -0.1) is 0 Å². The van der Waals surface area contributed by atoms with Gasteiger partial charge < -0.3 is 4.74 Å². The van der Waals surface area contributed by atoms with Crippen molar-refractivity contribution in [3.05, 3.63) is 40.7 Å². The lowest BCUT2D eigenvalue weighted by Gasteiger charge is -2.05. The monoisotopic (exact) mass is 220 g/mol. The zero-order valence-electron chi connectivity index (χ0n) is 8.65. The molecular formula is C11H12N2OS. The van der Waals surface area contributed by atoms with Crippen molar-refractivity contribution in [1.82, 2.24) is 9.78 Å². The van der Waals surface area contributed by atoms with Crippen LogP contribution in [0, 0.1) is 11.6 Å². The molecule has 0 spiro atoms. The number of aromatic nitrogens is 2. The van der Waals surface area contributed by atoms with Gasteiger partial charge in [-0.25, -0.2) is 4.68 Å². The highest BCUT2D eigenvalue weighted by Crippen LogP contribution is 2.16. The van der Waals surface area contributed by atoms with Crippen LogP contribution in [0.4, 0.5) is 0 Å².